The average molecular weight is 374 g/mol. The van der Waals surface area contributed by atoms with Crippen molar-refractivity contribution in [3.8, 4) is 5.75 Å². The molecule has 0 atom stereocenters. The number of halogens is 1. The number of amides is 1. The molecule has 0 saturated heterocycles. The van der Waals surface area contributed by atoms with Gasteiger partial charge in [0.25, 0.3) is 11.5 Å². The van der Waals surface area contributed by atoms with E-state index in [-0.39, 0.29) is 23.8 Å². The Balaban J connectivity index is 1.97. The van der Waals surface area contributed by atoms with Crippen LogP contribution in [0.25, 0.3) is 10.9 Å². The smallest absolute Gasteiger partial charge is 0.293 e. The van der Waals surface area contributed by atoms with Gasteiger partial charge in [-0.1, -0.05) is 11.6 Å². The van der Waals surface area contributed by atoms with Crippen LogP contribution >= 0.6 is 11.6 Å². The topological polar surface area (TPSA) is 98.1 Å². The minimum absolute atomic E-state index is 0.0980. The highest BCUT2D eigenvalue weighted by Crippen LogP contribution is 2.25. The Morgan fingerprint density at radius 3 is 2.88 bits per heavy atom. The van der Waals surface area contributed by atoms with E-state index in [4.69, 9.17) is 16.3 Å². The van der Waals surface area contributed by atoms with Gasteiger partial charge in [-0.25, -0.2) is 9.97 Å². The molecule has 3 rings (SSSR count). The molecule has 8 nitrogen and oxygen atoms in total. The van der Waals surface area contributed by atoms with Crippen molar-refractivity contribution in [1.82, 2.24) is 19.9 Å². The molecular formula is C17H16ClN5O3. The summed E-state index contributed by atoms with van der Waals surface area (Å²) in [5.41, 5.74) is 1.14. The summed E-state index contributed by atoms with van der Waals surface area (Å²) in [5, 5.41) is 6.69. The lowest BCUT2D eigenvalue weighted by Crippen LogP contribution is -2.27. The van der Waals surface area contributed by atoms with Crippen LogP contribution in [0.5, 0.6) is 5.75 Å². The Hall–Kier alpha value is -3.13. The van der Waals surface area contributed by atoms with E-state index in [2.05, 4.69) is 20.6 Å². The van der Waals surface area contributed by atoms with E-state index in [1.807, 2.05) is 12.1 Å². The molecule has 0 spiro atoms. The van der Waals surface area contributed by atoms with Gasteiger partial charge in [-0.3, -0.25) is 9.59 Å². The first kappa shape index (κ1) is 17.7. The molecule has 2 N–H and O–H groups in total. The Morgan fingerprint density at radius 2 is 2.15 bits per heavy atom. The predicted octanol–water partition coefficient (Wildman–Crippen LogP) is 1.85. The van der Waals surface area contributed by atoms with Gasteiger partial charge in [0.15, 0.2) is 18.2 Å². The van der Waals surface area contributed by atoms with Crippen LogP contribution in [0.3, 0.4) is 0 Å². The van der Waals surface area contributed by atoms with Gasteiger partial charge < -0.3 is 19.9 Å². The minimum Gasteiger partial charge on any atom is -0.478 e. The zero-order chi connectivity index (χ0) is 18.7. The predicted molar refractivity (Wildman–Crippen MR) is 99.1 cm³/mol. The van der Waals surface area contributed by atoms with Crippen molar-refractivity contribution in [2.24, 2.45) is 7.05 Å². The average Bonchev–Trinajstić information content (AvgIpc) is 2.65. The van der Waals surface area contributed by atoms with Gasteiger partial charge in [-0.15, -0.1) is 0 Å². The van der Waals surface area contributed by atoms with E-state index in [1.54, 1.807) is 19.2 Å². The fourth-order valence-corrected chi connectivity index (χ4v) is 2.54. The summed E-state index contributed by atoms with van der Waals surface area (Å²) in [6.07, 6.45) is 2.88. The second-order valence-corrected chi connectivity index (χ2v) is 5.86. The standard InChI is InChI=1S/C17H16ClN5O3/c1-19-15(24)8-26-14-6-10-5-11(3-4-13(10)23(2)17(14)25)22-16-12(18)7-20-9-21-16/h3-7,9H,8H2,1-2H3,(H,19,24)(H,20,21,22). The highest BCUT2D eigenvalue weighted by molar-refractivity contribution is 6.32. The van der Waals surface area contributed by atoms with Gasteiger partial charge in [0.2, 0.25) is 0 Å². The van der Waals surface area contributed by atoms with Crippen molar-refractivity contribution in [3.63, 3.8) is 0 Å². The number of anilines is 2. The zero-order valence-corrected chi connectivity index (χ0v) is 14.9. The number of rotatable bonds is 5. The molecule has 3 aromatic rings. The number of carbonyl (C=O) groups excluding carboxylic acids is 1. The fourth-order valence-electron chi connectivity index (χ4n) is 2.39. The molecule has 134 valence electrons. The maximum Gasteiger partial charge on any atom is 0.293 e. The quantitative estimate of drug-likeness (QED) is 0.708. The van der Waals surface area contributed by atoms with Crippen LogP contribution in [-0.4, -0.2) is 34.1 Å². The second kappa shape index (κ2) is 7.40. The number of hydrogen-bond acceptors (Lipinski definition) is 6. The van der Waals surface area contributed by atoms with Crippen molar-refractivity contribution < 1.29 is 9.53 Å². The largest absolute Gasteiger partial charge is 0.478 e. The number of pyridine rings is 1. The van der Waals surface area contributed by atoms with Crippen molar-refractivity contribution in [2.45, 2.75) is 0 Å². The van der Waals surface area contributed by atoms with Gasteiger partial charge in [-0.2, -0.15) is 0 Å². The summed E-state index contributed by atoms with van der Waals surface area (Å²) in [6, 6.07) is 7.05. The third-order valence-corrected chi connectivity index (χ3v) is 4.04. The van der Waals surface area contributed by atoms with Crippen LogP contribution in [0, 0.1) is 0 Å². The SMILES string of the molecule is CNC(=O)COc1cc2cc(Nc3ncncc3Cl)ccc2n(C)c1=O. The number of nitrogens with one attached hydrogen (secondary N) is 2. The fraction of sp³-hybridized carbons (Fsp3) is 0.176. The molecular weight excluding hydrogens is 358 g/mol. The maximum absolute atomic E-state index is 12.4. The Morgan fingerprint density at radius 1 is 1.35 bits per heavy atom. The van der Waals surface area contributed by atoms with Crippen LogP contribution in [0.15, 0.2) is 41.6 Å². The molecule has 2 aromatic heterocycles. The first-order chi connectivity index (χ1) is 12.5. The normalized spacial score (nSPS) is 10.6. The molecule has 1 aromatic carbocycles. The number of hydrogen-bond donors (Lipinski definition) is 2. The molecule has 0 fully saturated rings. The third-order valence-electron chi connectivity index (χ3n) is 3.76. The number of fused-ring (bicyclic) bond motifs is 1. The summed E-state index contributed by atoms with van der Waals surface area (Å²) in [4.78, 5) is 31.6. The van der Waals surface area contributed by atoms with Crippen LogP contribution in [-0.2, 0) is 11.8 Å². The highest BCUT2D eigenvalue weighted by Gasteiger charge is 2.11. The van der Waals surface area contributed by atoms with Crippen LogP contribution < -0.4 is 20.9 Å². The van der Waals surface area contributed by atoms with E-state index in [1.165, 1.54) is 24.1 Å². The Bertz CT molecular complexity index is 1030. The molecule has 0 unspecified atom stereocenters. The van der Waals surface area contributed by atoms with E-state index < -0.39 is 0 Å². The lowest BCUT2D eigenvalue weighted by Gasteiger charge is -2.12. The van der Waals surface area contributed by atoms with Crippen molar-refractivity contribution >= 4 is 39.9 Å². The molecule has 0 radical (unpaired) electrons. The van der Waals surface area contributed by atoms with Gasteiger partial charge in [0, 0.05) is 25.2 Å². The number of aryl methyl sites for hydroxylation is 1. The lowest BCUT2D eigenvalue weighted by atomic mass is 10.2. The van der Waals surface area contributed by atoms with Crippen LogP contribution in [0.1, 0.15) is 0 Å². The molecule has 9 heteroatoms. The van der Waals surface area contributed by atoms with Gasteiger partial charge in [0.05, 0.1) is 11.7 Å². The van der Waals surface area contributed by atoms with Crippen molar-refractivity contribution in [2.75, 3.05) is 19.0 Å². The van der Waals surface area contributed by atoms with E-state index >= 15 is 0 Å². The van der Waals surface area contributed by atoms with E-state index in [0.717, 1.165) is 16.6 Å². The Kier molecular flexibility index (Phi) is 5.04. The molecule has 2 heterocycles. The summed E-state index contributed by atoms with van der Waals surface area (Å²) in [7, 11) is 3.15. The monoisotopic (exact) mass is 373 g/mol. The first-order valence-corrected chi connectivity index (χ1v) is 8.07. The number of benzene rings is 1. The molecule has 1 amide bonds. The van der Waals surface area contributed by atoms with Crippen LogP contribution in [0.4, 0.5) is 11.5 Å². The van der Waals surface area contributed by atoms with Crippen molar-refractivity contribution in [1.29, 1.82) is 0 Å². The first-order valence-electron chi connectivity index (χ1n) is 7.69. The third kappa shape index (κ3) is 3.60. The van der Waals surface area contributed by atoms with Gasteiger partial charge >= 0.3 is 0 Å². The maximum atomic E-state index is 12.4. The van der Waals surface area contributed by atoms with Gasteiger partial charge in [0.1, 0.15) is 11.3 Å². The molecule has 0 aliphatic rings. The lowest BCUT2D eigenvalue weighted by molar-refractivity contribution is -0.122. The summed E-state index contributed by atoms with van der Waals surface area (Å²) < 4.78 is 6.82. The second-order valence-electron chi connectivity index (χ2n) is 5.45. The highest BCUT2D eigenvalue weighted by atomic mass is 35.5. The minimum atomic E-state index is -0.319. The zero-order valence-electron chi connectivity index (χ0n) is 14.1. The number of ether oxygens (including phenoxy) is 1. The molecule has 0 saturated carbocycles. The number of carbonyl (C=O) groups is 1. The summed E-state index contributed by atoms with van der Waals surface area (Å²) in [5.74, 6) is 0.253. The Labute approximate surface area is 153 Å². The number of nitrogens with zero attached hydrogens (tertiary/aromatic N) is 3. The van der Waals surface area contributed by atoms with E-state index in [9.17, 15) is 9.59 Å². The van der Waals surface area contributed by atoms with Gasteiger partial charge in [-0.05, 0) is 24.3 Å². The number of likely N-dealkylation sites (N-methyl/N-ethyl adjacent to an activating group) is 1. The van der Waals surface area contributed by atoms with E-state index in [0.29, 0.717) is 10.8 Å². The summed E-state index contributed by atoms with van der Waals surface area (Å²) in [6.45, 7) is -0.230. The molecule has 0 bridgehead atoms. The number of aromatic nitrogens is 3. The van der Waals surface area contributed by atoms with Crippen LogP contribution in [0.2, 0.25) is 5.02 Å². The molecule has 0 aliphatic carbocycles. The van der Waals surface area contributed by atoms with Crippen molar-refractivity contribution in [3.05, 3.63) is 52.2 Å². The summed E-state index contributed by atoms with van der Waals surface area (Å²) >= 11 is 6.06. The molecule has 0 aliphatic heterocycles. The molecule has 26 heavy (non-hydrogen) atoms.